The van der Waals surface area contributed by atoms with Gasteiger partial charge in [-0.3, -0.25) is 0 Å². The molecule has 2 N–H and O–H groups in total. The first-order valence-corrected chi connectivity index (χ1v) is 5.02. The van der Waals surface area contributed by atoms with E-state index in [1.54, 1.807) is 0 Å². The molecule has 0 saturated heterocycles. The molecule has 0 spiro atoms. The summed E-state index contributed by atoms with van der Waals surface area (Å²) < 4.78 is 1.23. The summed E-state index contributed by atoms with van der Waals surface area (Å²) in [5.41, 5.74) is 10.00. The highest BCUT2D eigenvalue weighted by atomic mass is 79.9. The fraction of sp³-hybridized carbons (Fsp3) is 0.400. The zero-order valence-electron chi connectivity index (χ0n) is 7.10. The number of hydrogen-bond acceptors (Lipinski definition) is 1. The van der Waals surface area contributed by atoms with E-state index in [4.69, 9.17) is 5.73 Å². The lowest BCUT2D eigenvalue weighted by atomic mass is 10.1. The number of rotatable bonds is 0. The van der Waals surface area contributed by atoms with Crippen molar-refractivity contribution in [1.29, 1.82) is 0 Å². The lowest BCUT2D eigenvalue weighted by Crippen LogP contribution is -2.05. The molecule has 12 heavy (non-hydrogen) atoms. The average Bonchev–Trinajstić information content (AvgIpc) is 2.33. The third kappa shape index (κ3) is 1.19. The van der Waals surface area contributed by atoms with E-state index < -0.39 is 0 Å². The quantitative estimate of drug-likeness (QED) is 0.723. The highest BCUT2D eigenvalue weighted by Gasteiger charge is 2.20. The van der Waals surface area contributed by atoms with E-state index in [2.05, 4.69) is 35.0 Å². The summed E-state index contributed by atoms with van der Waals surface area (Å²) in [5.74, 6) is 0. The zero-order valence-corrected chi connectivity index (χ0v) is 8.69. The SMILES string of the molecule is Cc1cc(Br)c2c(c1)[C@H](N)CC2. The van der Waals surface area contributed by atoms with E-state index in [9.17, 15) is 0 Å². The van der Waals surface area contributed by atoms with E-state index in [1.807, 2.05) is 0 Å². The van der Waals surface area contributed by atoms with Gasteiger partial charge in [0.2, 0.25) is 0 Å². The Bertz CT molecular complexity index is 320. The second-order valence-electron chi connectivity index (χ2n) is 3.46. The van der Waals surface area contributed by atoms with Gasteiger partial charge in [0, 0.05) is 10.5 Å². The summed E-state index contributed by atoms with van der Waals surface area (Å²) in [6.07, 6.45) is 2.22. The highest BCUT2D eigenvalue weighted by Crippen LogP contribution is 2.35. The number of nitrogens with two attached hydrogens (primary N) is 1. The molecule has 1 aliphatic rings. The molecule has 0 heterocycles. The zero-order chi connectivity index (χ0) is 8.72. The molecule has 0 amide bonds. The molecule has 0 saturated carbocycles. The summed E-state index contributed by atoms with van der Waals surface area (Å²) in [7, 11) is 0. The fourth-order valence-electron chi connectivity index (χ4n) is 1.85. The molecule has 1 nitrogen and oxygen atoms in total. The van der Waals surface area contributed by atoms with Gasteiger partial charge in [0.15, 0.2) is 0 Å². The Balaban J connectivity index is 2.60. The van der Waals surface area contributed by atoms with E-state index >= 15 is 0 Å². The minimum Gasteiger partial charge on any atom is -0.324 e. The van der Waals surface area contributed by atoms with Crippen LogP contribution in [0, 0.1) is 6.92 Å². The van der Waals surface area contributed by atoms with Gasteiger partial charge in [-0.15, -0.1) is 0 Å². The van der Waals surface area contributed by atoms with Crippen molar-refractivity contribution in [2.75, 3.05) is 0 Å². The smallest absolute Gasteiger partial charge is 0.0301 e. The van der Waals surface area contributed by atoms with Gasteiger partial charge in [-0.2, -0.15) is 0 Å². The number of halogens is 1. The second kappa shape index (κ2) is 2.86. The maximum absolute atomic E-state index is 5.96. The van der Waals surface area contributed by atoms with Crippen LogP contribution in [0.1, 0.15) is 29.2 Å². The van der Waals surface area contributed by atoms with Crippen molar-refractivity contribution in [1.82, 2.24) is 0 Å². The van der Waals surface area contributed by atoms with Crippen molar-refractivity contribution in [3.8, 4) is 0 Å². The van der Waals surface area contributed by atoms with Gasteiger partial charge in [0.05, 0.1) is 0 Å². The van der Waals surface area contributed by atoms with Crippen LogP contribution in [-0.4, -0.2) is 0 Å². The molecule has 1 atom stereocenters. The van der Waals surface area contributed by atoms with Crippen molar-refractivity contribution >= 4 is 15.9 Å². The molecule has 64 valence electrons. The lowest BCUT2D eigenvalue weighted by Gasteiger charge is -2.07. The molecule has 0 bridgehead atoms. The maximum atomic E-state index is 5.96. The number of hydrogen-bond donors (Lipinski definition) is 1. The fourth-order valence-corrected chi connectivity index (χ4v) is 2.64. The van der Waals surface area contributed by atoms with Crippen LogP contribution in [-0.2, 0) is 6.42 Å². The highest BCUT2D eigenvalue weighted by molar-refractivity contribution is 9.10. The van der Waals surface area contributed by atoms with Gasteiger partial charge in [-0.05, 0) is 42.5 Å². The molecule has 2 rings (SSSR count). The van der Waals surface area contributed by atoms with Crippen LogP contribution >= 0.6 is 15.9 Å². The third-order valence-corrected chi connectivity index (χ3v) is 3.19. The van der Waals surface area contributed by atoms with Crippen molar-refractivity contribution in [3.05, 3.63) is 33.3 Å². The Morgan fingerprint density at radius 1 is 1.50 bits per heavy atom. The molecule has 1 aliphatic carbocycles. The van der Waals surface area contributed by atoms with Gasteiger partial charge in [-0.25, -0.2) is 0 Å². The van der Waals surface area contributed by atoms with Crippen LogP contribution in [0.4, 0.5) is 0 Å². The predicted octanol–water partition coefficient (Wildman–Crippen LogP) is 2.70. The van der Waals surface area contributed by atoms with Crippen LogP contribution in [0.25, 0.3) is 0 Å². The summed E-state index contributed by atoms with van der Waals surface area (Å²) in [5, 5.41) is 0. The van der Waals surface area contributed by atoms with Crippen molar-refractivity contribution < 1.29 is 0 Å². The van der Waals surface area contributed by atoms with E-state index in [1.165, 1.54) is 21.2 Å². The van der Waals surface area contributed by atoms with Crippen molar-refractivity contribution in [2.45, 2.75) is 25.8 Å². The number of benzene rings is 1. The van der Waals surface area contributed by atoms with Crippen molar-refractivity contribution in [2.24, 2.45) is 5.73 Å². The Morgan fingerprint density at radius 3 is 3.00 bits per heavy atom. The van der Waals surface area contributed by atoms with E-state index in [0.717, 1.165) is 12.8 Å². The summed E-state index contributed by atoms with van der Waals surface area (Å²) >= 11 is 3.57. The number of fused-ring (bicyclic) bond motifs is 1. The average molecular weight is 226 g/mol. The Hall–Kier alpha value is -0.340. The first kappa shape index (κ1) is 8.27. The molecule has 0 radical (unpaired) electrons. The van der Waals surface area contributed by atoms with Crippen molar-refractivity contribution in [3.63, 3.8) is 0 Å². The number of aryl methyl sites for hydroxylation is 1. The van der Waals surface area contributed by atoms with Gasteiger partial charge in [0.1, 0.15) is 0 Å². The maximum Gasteiger partial charge on any atom is 0.0301 e. The Labute approximate surface area is 81.1 Å². The normalized spacial score (nSPS) is 21.1. The van der Waals surface area contributed by atoms with Crippen LogP contribution in [0.15, 0.2) is 16.6 Å². The largest absolute Gasteiger partial charge is 0.324 e. The molecule has 0 fully saturated rings. The van der Waals surface area contributed by atoms with Gasteiger partial charge < -0.3 is 5.73 Å². The molecule has 2 heteroatoms. The third-order valence-electron chi connectivity index (χ3n) is 2.48. The van der Waals surface area contributed by atoms with Crippen LogP contribution < -0.4 is 5.73 Å². The summed E-state index contributed by atoms with van der Waals surface area (Å²) in [4.78, 5) is 0. The lowest BCUT2D eigenvalue weighted by molar-refractivity contribution is 0.713. The molecule has 1 aromatic rings. The summed E-state index contributed by atoms with van der Waals surface area (Å²) in [6.45, 7) is 2.11. The second-order valence-corrected chi connectivity index (χ2v) is 4.31. The standard InChI is InChI=1S/C10H12BrN/c1-6-4-8-7(9(11)5-6)2-3-10(8)12/h4-5,10H,2-3,12H2,1H3/t10-/m1/s1. The predicted molar refractivity (Wildman–Crippen MR) is 54.1 cm³/mol. The summed E-state index contributed by atoms with van der Waals surface area (Å²) in [6, 6.07) is 4.63. The van der Waals surface area contributed by atoms with Crippen LogP contribution in [0.5, 0.6) is 0 Å². The first-order valence-electron chi connectivity index (χ1n) is 4.23. The topological polar surface area (TPSA) is 26.0 Å². The van der Waals surface area contributed by atoms with Crippen LogP contribution in [0.2, 0.25) is 0 Å². The molecular formula is C10H12BrN. The molecule has 1 aromatic carbocycles. The molecule has 0 unspecified atom stereocenters. The Kier molecular flexibility index (Phi) is 1.97. The molecule has 0 aromatic heterocycles. The first-order chi connectivity index (χ1) is 5.68. The van der Waals surface area contributed by atoms with E-state index in [0.29, 0.717) is 0 Å². The van der Waals surface area contributed by atoms with E-state index in [-0.39, 0.29) is 6.04 Å². The van der Waals surface area contributed by atoms with Gasteiger partial charge in [0.25, 0.3) is 0 Å². The molecule has 0 aliphatic heterocycles. The monoisotopic (exact) mass is 225 g/mol. The van der Waals surface area contributed by atoms with Crippen LogP contribution in [0.3, 0.4) is 0 Å². The molecular weight excluding hydrogens is 214 g/mol. The van der Waals surface area contributed by atoms with Gasteiger partial charge >= 0.3 is 0 Å². The Morgan fingerprint density at radius 2 is 2.25 bits per heavy atom. The minimum atomic E-state index is 0.260. The minimum absolute atomic E-state index is 0.260. The van der Waals surface area contributed by atoms with Gasteiger partial charge in [-0.1, -0.05) is 22.0 Å².